The van der Waals surface area contributed by atoms with Gasteiger partial charge in [-0.25, -0.2) is 14.3 Å². The summed E-state index contributed by atoms with van der Waals surface area (Å²) in [6.45, 7) is -0.568. The molecule has 1 heterocycles. The number of hydrogen-bond donors (Lipinski definition) is 4. The molecule has 1 rings (SSSR count). The third-order valence-corrected chi connectivity index (χ3v) is 2.31. The van der Waals surface area contributed by atoms with Crippen molar-refractivity contribution < 1.29 is 24.5 Å². The Morgan fingerprint density at radius 1 is 1.58 bits per heavy atom. The maximum atomic E-state index is 11.4. The molecule has 1 aromatic rings. The molecule has 19 heavy (non-hydrogen) atoms. The molecule has 9 heteroatoms. The number of aryl methyl sites for hydroxylation is 1. The van der Waals surface area contributed by atoms with E-state index < -0.39 is 24.6 Å². The highest BCUT2D eigenvalue weighted by Gasteiger charge is 2.18. The standard InChI is InChI=1S/C10H16N4O5/c1-14-8(19-2)3-6(13-14)4-11-10(18)12-7(5-15)9(16)17/h3,7,15H,4-5H2,1-2H3,(H,16,17)(H2,11,12,18)/t7-/m0/s1. The summed E-state index contributed by atoms with van der Waals surface area (Å²) < 4.78 is 6.51. The lowest BCUT2D eigenvalue weighted by Gasteiger charge is -2.11. The molecule has 1 aromatic heterocycles. The first kappa shape index (κ1) is 14.8. The van der Waals surface area contributed by atoms with Crippen LogP contribution in [0.4, 0.5) is 4.79 Å². The summed E-state index contributed by atoms with van der Waals surface area (Å²) in [5.41, 5.74) is 0.561. The van der Waals surface area contributed by atoms with Crippen molar-refractivity contribution >= 4 is 12.0 Å². The predicted octanol–water partition coefficient (Wildman–Crippen LogP) is -1.33. The van der Waals surface area contributed by atoms with Crippen molar-refractivity contribution in [1.82, 2.24) is 20.4 Å². The monoisotopic (exact) mass is 272 g/mol. The van der Waals surface area contributed by atoms with E-state index in [-0.39, 0.29) is 6.54 Å². The molecule has 0 radical (unpaired) electrons. The number of aromatic nitrogens is 2. The number of carboxylic acid groups (broad SMARTS) is 1. The quantitative estimate of drug-likeness (QED) is 0.508. The molecule has 4 N–H and O–H groups in total. The van der Waals surface area contributed by atoms with Crippen molar-refractivity contribution in [2.24, 2.45) is 7.05 Å². The van der Waals surface area contributed by atoms with E-state index in [4.69, 9.17) is 14.9 Å². The van der Waals surface area contributed by atoms with Crippen molar-refractivity contribution in [3.63, 3.8) is 0 Å². The summed E-state index contributed by atoms with van der Waals surface area (Å²) in [6, 6.07) is -0.398. The van der Waals surface area contributed by atoms with Crippen LogP contribution in [0.5, 0.6) is 5.88 Å². The molecule has 1 atom stereocenters. The molecule has 0 saturated carbocycles. The first-order valence-corrected chi connectivity index (χ1v) is 5.42. The number of carbonyl (C=O) groups excluding carboxylic acids is 1. The third-order valence-electron chi connectivity index (χ3n) is 2.31. The van der Waals surface area contributed by atoms with Gasteiger partial charge in [0.25, 0.3) is 0 Å². The van der Waals surface area contributed by atoms with Gasteiger partial charge in [-0.2, -0.15) is 5.10 Å². The van der Waals surface area contributed by atoms with Gasteiger partial charge in [-0.15, -0.1) is 0 Å². The zero-order valence-corrected chi connectivity index (χ0v) is 10.6. The zero-order chi connectivity index (χ0) is 14.4. The summed E-state index contributed by atoms with van der Waals surface area (Å²) in [6.07, 6.45) is 0. The van der Waals surface area contributed by atoms with Crippen LogP contribution >= 0.6 is 0 Å². The number of amides is 2. The van der Waals surface area contributed by atoms with Crippen LogP contribution in [0.3, 0.4) is 0 Å². The van der Waals surface area contributed by atoms with Crippen LogP contribution < -0.4 is 15.4 Å². The van der Waals surface area contributed by atoms with Crippen molar-refractivity contribution in [3.05, 3.63) is 11.8 Å². The largest absolute Gasteiger partial charge is 0.481 e. The van der Waals surface area contributed by atoms with Gasteiger partial charge in [0.1, 0.15) is 0 Å². The molecule has 0 spiro atoms. The van der Waals surface area contributed by atoms with Gasteiger partial charge in [0.15, 0.2) is 6.04 Å². The van der Waals surface area contributed by atoms with E-state index in [9.17, 15) is 9.59 Å². The number of aliphatic hydroxyl groups excluding tert-OH is 1. The smallest absolute Gasteiger partial charge is 0.328 e. The first-order chi connectivity index (χ1) is 8.97. The zero-order valence-electron chi connectivity index (χ0n) is 10.6. The lowest BCUT2D eigenvalue weighted by atomic mass is 10.3. The number of ether oxygens (including phenoxy) is 1. The van der Waals surface area contributed by atoms with E-state index in [2.05, 4.69) is 15.7 Å². The minimum atomic E-state index is -1.33. The van der Waals surface area contributed by atoms with E-state index in [0.29, 0.717) is 11.6 Å². The average molecular weight is 272 g/mol. The normalized spacial score (nSPS) is 11.7. The topological polar surface area (TPSA) is 126 Å². The molecule has 0 fully saturated rings. The summed E-state index contributed by atoms with van der Waals surface area (Å²) in [7, 11) is 3.19. The van der Waals surface area contributed by atoms with E-state index >= 15 is 0 Å². The van der Waals surface area contributed by atoms with Gasteiger partial charge in [0.05, 0.1) is 26.0 Å². The molecule has 9 nitrogen and oxygen atoms in total. The highest BCUT2D eigenvalue weighted by Crippen LogP contribution is 2.10. The molecule has 0 aliphatic carbocycles. The van der Waals surface area contributed by atoms with E-state index in [1.165, 1.54) is 11.8 Å². The molecule has 0 aromatic carbocycles. The lowest BCUT2D eigenvalue weighted by Crippen LogP contribution is -2.47. The number of rotatable bonds is 6. The van der Waals surface area contributed by atoms with Gasteiger partial charge in [-0.3, -0.25) is 0 Å². The number of methoxy groups -OCH3 is 1. The number of aliphatic carboxylic acids is 1. The summed E-state index contributed by atoms with van der Waals surface area (Å²) in [5, 5.41) is 26.0. The maximum Gasteiger partial charge on any atom is 0.328 e. The third kappa shape index (κ3) is 4.14. The molecule has 0 aliphatic rings. The minimum Gasteiger partial charge on any atom is -0.481 e. The van der Waals surface area contributed by atoms with Crippen LogP contribution in [0.25, 0.3) is 0 Å². The van der Waals surface area contributed by atoms with E-state index in [1.54, 1.807) is 13.1 Å². The highest BCUT2D eigenvalue weighted by molar-refractivity contribution is 5.82. The number of aliphatic hydroxyl groups is 1. The number of nitrogens with one attached hydrogen (secondary N) is 2. The second-order valence-corrected chi connectivity index (χ2v) is 3.70. The van der Waals surface area contributed by atoms with Crippen molar-refractivity contribution in [2.45, 2.75) is 12.6 Å². The summed E-state index contributed by atoms with van der Waals surface area (Å²) in [4.78, 5) is 22.0. The molecule has 2 amide bonds. The van der Waals surface area contributed by atoms with Crippen LogP contribution in [0.2, 0.25) is 0 Å². The highest BCUT2D eigenvalue weighted by atomic mass is 16.5. The van der Waals surface area contributed by atoms with Gasteiger partial charge >= 0.3 is 12.0 Å². The second kappa shape index (κ2) is 6.59. The number of urea groups is 1. The Kier molecular flexibility index (Phi) is 5.12. The van der Waals surface area contributed by atoms with Crippen LogP contribution in [0.15, 0.2) is 6.07 Å². The summed E-state index contributed by atoms with van der Waals surface area (Å²) in [5.74, 6) is -0.770. The molecule has 106 valence electrons. The molecular formula is C10H16N4O5. The Bertz CT molecular complexity index is 459. The van der Waals surface area contributed by atoms with Crippen molar-refractivity contribution in [2.75, 3.05) is 13.7 Å². The Morgan fingerprint density at radius 2 is 2.26 bits per heavy atom. The van der Waals surface area contributed by atoms with E-state index in [0.717, 1.165) is 0 Å². The van der Waals surface area contributed by atoms with Gasteiger partial charge in [-0.1, -0.05) is 0 Å². The maximum absolute atomic E-state index is 11.4. The van der Waals surface area contributed by atoms with Gasteiger partial charge in [0, 0.05) is 13.1 Å². The SMILES string of the molecule is COc1cc(CNC(=O)N[C@@H](CO)C(=O)O)nn1C. The predicted molar refractivity (Wildman–Crippen MR) is 63.6 cm³/mol. The fourth-order valence-corrected chi connectivity index (χ4v) is 1.35. The summed E-state index contributed by atoms with van der Waals surface area (Å²) >= 11 is 0. The fourth-order valence-electron chi connectivity index (χ4n) is 1.35. The molecule has 0 saturated heterocycles. The van der Waals surface area contributed by atoms with Crippen molar-refractivity contribution in [3.8, 4) is 5.88 Å². The Labute approximate surface area is 109 Å². The molecular weight excluding hydrogens is 256 g/mol. The Balaban J connectivity index is 2.47. The average Bonchev–Trinajstić information content (AvgIpc) is 2.73. The van der Waals surface area contributed by atoms with Gasteiger partial charge in [-0.05, 0) is 0 Å². The molecule has 0 bridgehead atoms. The lowest BCUT2D eigenvalue weighted by molar-refractivity contribution is -0.140. The number of hydrogen-bond acceptors (Lipinski definition) is 5. The Morgan fingerprint density at radius 3 is 2.74 bits per heavy atom. The van der Waals surface area contributed by atoms with Crippen LogP contribution in [0, 0.1) is 0 Å². The fraction of sp³-hybridized carbons (Fsp3) is 0.500. The Hall–Kier alpha value is -2.29. The molecule has 0 unspecified atom stereocenters. The van der Waals surface area contributed by atoms with Crippen LogP contribution in [0.1, 0.15) is 5.69 Å². The first-order valence-electron chi connectivity index (χ1n) is 5.42. The van der Waals surface area contributed by atoms with Crippen molar-refractivity contribution in [1.29, 1.82) is 0 Å². The van der Waals surface area contributed by atoms with Gasteiger partial charge in [0.2, 0.25) is 5.88 Å². The van der Waals surface area contributed by atoms with Gasteiger partial charge < -0.3 is 25.6 Å². The van der Waals surface area contributed by atoms with E-state index in [1.807, 2.05) is 0 Å². The van der Waals surface area contributed by atoms with Crippen LogP contribution in [-0.4, -0.2) is 51.8 Å². The second-order valence-electron chi connectivity index (χ2n) is 3.70. The number of nitrogens with zero attached hydrogens (tertiary/aromatic N) is 2. The number of carboxylic acids is 1. The minimum absolute atomic E-state index is 0.112. The number of carbonyl (C=O) groups is 2. The molecule has 0 aliphatic heterocycles. The van der Waals surface area contributed by atoms with Crippen LogP contribution in [-0.2, 0) is 18.4 Å².